The Kier molecular flexibility index (Phi) is 5.48. The fourth-order valence-electron chi connectivity index (χ4n) is 3.66. The second-order valence-electron chi connectivity index (χ2n) is 6.98. The quantitative estimate of drug-likeness (QED) is 0.402. The van der Waals surface area contributed by atoms with Crippen molar-refractivity contribution < 1.29 is 14.3 Å². The third-order valence-electron chi connectivity index (χ3n) is 5.35. The molecule has 3 heterocycles. The summed E-state index contributed by atoms with van der Waals surface area (Å²) in [5.41, 5.74) is 0.208. The summed E-state index contributed by atoms with van der Waals surface area (Å²) < 4.78 is 5.07. The molecule has 0 aliphatic carbocycles. The minimum Gasteiger partial charge on any atom is -0.481 e. The number of methoxy groups -OCH3 is 1. The van der Waals surface area contributed by atoms with E-state index < -0.39 is 11.6 Å². The lowest BCUT2D eigenvalue weighted by Crippen LogP contribution is -2.55. The van der Waals surface area contributed by atoms with Crippen LogP contribution >= 0.6 is 0 Å². The second-order valence-corrected chi connectivity index (χ2v) is 6.98. The average molecular weight is 374 g/mol. The van der Waals surface area contributed by atoms with Crippen LogP contribution in [0.1, 0.15) is 25.3 Å². The zero-order chi connectivity index (χ0) is 19.4. The van der Waals surface area contributed by atoms with E-state index in [1.54, 1.807) is 27.3 Å². The first-order chi connectivity index (χ1) is 13.0. The number of carbonyl (C=O) groups is 2. The Morgan fingerprint density at radius 3 is 2.67 bits per heavy atom. The van der Waals surface area contributed by atoms with Crippen molar-refractivity contribution in [2.24, 2.45) is 10.9 Å². The van der Waals surface area contributed by atoms with Gasteiger partial charge in [0, 0.05) is 38.9 Å². The van der Waals surface area contributed by atoms with Gasteiger partial charge >= 0.3 is 6.03 Å². The van der Waals surface area contributed by atoms with Crippen molar-refractivity contribution in [2.75, 3.05) is 27.2 Å². The first-order valence-electron chi connectivity index (χ1n) is 9.04. The van der Waals surface area contributed by atoms with Crippen LogP contribution in [0.2, 0.25) is 0 Å². The first-order valence-corrected chi connectivity index (χ1v) is 9.04. The van der Waals surface area contributed by atoms with Gasteiger partial charge in [-0.1, -0.05) is 6.07 Å². The van der Waals surface area contributed by atoms with Crippen LogP contribution < -0.4 is 20.7 Å². The highest BCUT2D eigenvalue weighted by molar-refractivity contribution is 6.07. The predicted octanol–water partition coefficient (Wildman–Crippen LogP) is 0.476. The molecule has 1 unspecified atom stereocenters. The number of imide groups is 1. The molecule has 0 aromatic carbocycles. The van der Waals surface area contributed by atoms with E-state index in [4.69, 9.17) is 4.74 Å². The number of hydrogen-bond acceptors (Lipinski definition) is 5. The molecule has 1 atom stereocenters. The number of hydrogen-bond donors (Lipinski definition) is 3. The summed E-state index contributed by atoms with van der Waals surface area (Å²) in [7, 11) is 3.35. The van der Waals surface area contributed by atoms with Crippen LogP contribution in [-0.2, 0) is 11.3 Å². The Morgan fingerprint density at radius 1 is 1.41 bits per heavy atom. The molecule has 0 bridgehead atoms. The van der Waals surface area contributed by atoms with E-state index in [-0.39, 0.29) is 11.8 Å². The lowest BCUT2D eigenvalue weighted by molar-refractivity contribution is -0.125. The van der Waals surface area contributed by atoms with Crippen LogP contribution in [0, 0.1) is 5.92 Å². The van der Waals surface area contributed by atoms with Gasteiger partial charge < -0.3 is 20.3 Å². The number of urea groups is 1. The maximum atomic E-state index is 12.1. The number of ether oxygens (including phenoxy) is 1. The molecule has 9 nitrogen and oxygen atoms in total. The Labute approximate surface area is 158 Å². The number of nitrogens with one attached hydrogen (secondary N) is 3. The van der Waals surface area contributed by atoms with Gasteiger partial charge in [-0.15, -0.1) is 0 Å². The molecule has 3 amide bonds. The topological polar surface area (TPSA) is 108 Å². The number of amides is 3. The molecule has 146 valence electrons. The van der Waals surface area contributed by atoms with E-state index >= 15 is 0 Å². The van der Waals surface area contributed by atoms with E-state index in [1.807, 2.05) is 12.1 Å². The van der Waals surface area contributed by atoms with Crippen molar-refractivity contribution in [3.8, 4) is 5.88 Å². The molecule has 3 N–H and O–H groups in total. The molecule has 9 heteroatoms. The number of pyridine rings is 1. The van der Waals surface area contributed by atoms with Crippen molar-refractivity contribution in [1.82, 2.24) is 25.8 Å². The fraction of sp³-hybridized carbons (Fsp3) is 0.556. The van der Waals surface area contributed by atoms with E-state index in [1.165, 1.54) is 0 Å². The summed E-state index contributed by atoms with van der Waals surface area (Å²) in [6, 6.07) is 3.38. The molecule has 2 aliphatic rings. The van der Waals surface area contributed by atoms with E-state index in [2.05, 4.69) is 30.8 Å². The van der Waals surface area contributed by atoms with Gasteiger partial charge in [0.15, 0.2) is 5.96 Å². The average Bonchev–Trinajstić information content (AvgIpc) is 2.96. The summed E-state index contributed by atoms with van der Waals surface area (Å²) in [4.78, 5) is 34.4. The molecule has 2 aliphatic heterocycles. The number of nitrogens with zero attached hydrogens (tertiary/aromatic N) is 3. The molecule has 1 aromatic rings. The Hall–Kier alpha value is -2.84. The molecule has 0 radical (unpaired) electrons. The number of aromatic nitrogens is 1. The second kappa shape index (κ2) is 7.81. The number of carbonyl (C=O) groups excluding carboxylic acids is 2. The highest BCUT2D eigenvalue weighted by Crippen LogP contribution is 2.30. The van der Waals surface area contributed by atoms with Crippen LogP contribution in [0.25, 0.3) is 0 Å². The predicted molar refractivity (Wildman–Crippen MR) is 100 cm³/mol. The summed E-state index contributed by atoms with van der Waals surface area (Å²) >= 11 is 0. The highest BCUT2D eigenvalue weighted by Gasteiger charge is 2.48. The third kappa shape index (κ3) is 3.96. The van der Waals surface area contributed by atoms with Gasteiger partial charge in [0.2, 0.25) is 5.88 Å². The molecule has 3 rings (SSSR count). The van der Waals surface area contributed by atoms with Crippen LogP contribution in [0.15, 0.2) is 23.3 Å². The van der Waals surface area contributed by atoms with Gasteiger partial charge in [-0.25, -0.2) is 9.78 Å². The molecule has 27 heavy (non-hydrogen) atoms. The van der Waals surface area contributed by atoms with E-state index in [0.717, 1.165) is 37.5 Å². The molecule has 2 saturated heterocycles. The van der Waals surface area contributed by atoms with Gasteiger partial charge in [-0.05, 0) is 31.2 Å². The maximum absolute atomic E-state index is 12.1. The molecular weight excluding hydrogens is 348 g/mol. The summed E-state index contributed by atoms with van der Waals surface area (Å²) in [5, 5.41) is 8.47. The van der Waals surface area contributed by atoms with Crippen LogP contribution in [-0.4, -0.2) is 60.6 Å². The zero-order valence-corrected chi connectivity index (χ0v) is 15.9. The van der Waals surface area contributed by atoms with Crippen molar-refractivity contribution in [3.63, 3.8) is 0 Å². The van der Waals surface area contributed by atoms with Gasteiger partial charge in [0.1, 0.15) is 5.54 Å². The largest absolute Gasteiger partial charge is 0.481 e. The van der Waals surface area contributed by atoms with Gasteiger partial charge in [-0.3, -0.25) is 15.1 Å². The zero-order valence-electron chi connectivity index (χ0n) is 15.9. The van der Waals surface area contributed by atoms with E-state index in [0.29, 0.717) is 12.4 Å². The molecule has 0 saturated carbocycles. The Balaban J connectivity index is 1.54. The SMILES string of the molecule is CN=C(NCc1ccc(OC)nc1)N1CCC(C2(C)NC(=O)NC2=O)CC1. The fourth-order valence-corrected chi connectivity index (χ4v) is 3.66. The van der Waals surface area contributed by atoms with Gasteiger partial charge in [0.25, 0.3) is 5.91 Å². The summed E-state index contributed by atoms with van der Waals surface area (Å²) in [6.07, 6.45) is 3.37. The van der Waals surface area contributed by atoms with Crippen LogP contribution in [0.4, 0.5) is 4.79 Å². The summed E-state index contributed by atoms with van der Waals surface area (Å²) in [6.45, 7) is 3.95. The maximum Gasteiger partial charge on any atom is 0.322 e. The number of likely N-dealkylation sites (tertiary alicyclic amines) is 1. The number of aliphatic imine (C=N–C) groups is 1. The molecule has 1 aromatic heterocycles. The van der Waals surface area contributed by atoms with E-state index in [9.17, 15) is 9.59 Å². The molecule has 0 spiro atoms. The van der Waals surface area contributed by atoms with Gasteiger partial charge in [-0.2, -0.15) is 0 Å². The van der Waals surface area contributed by atoms with Crippen molar-refractivity contribution >= 4 is 17.9 Å². The Morgan fingerprint density at radius 2 is 2.15 bits per heavy atom. The monoisotopic (exact) mass is 374 g/mol. The summed E-state index contributed by atoms with van der Waals surface area (Å²) in [5.74, 6) is 1.26. The van der Waals surface area contributed by atoms with Crippen molar-refractivity contribution in [3.05, 3.63) is 23.9 Å². The normalized spacial score (nSPS) is 23.8. The highest BCUT2D eigenvalue weighted by atomic mass is 16.5. The number of rotatable bonds is 4. The Bertz CT molecular complexity index is 727. The first kappa shape index (κ1) is 18.9. The minimum atomic E-state index is -0.825. The minimum absolute atomic E-state index is 0.101. The lowest BCUT2D eigenvalue weighted by Gasteiger charge is -2.39. The number of guanidine groups is 1. The third-order valence-corrected chi connectivity index (χ3v) is 5.35. The lowest BCUT2D eigenvalue weighted by atomic mass is 9.79. The van der Waals surface area contributed by atoms with Crippen molar-refractivity contribution in [1.29, 1.82) is 0 Å². The van der Waals surface area contributed by atoms with Crippen molar-refractivity contribution in [2.45, 2.75) is 31.8 Å². The standard InChI is InChI=1S/C18H26N6O3/c1-18(15(25)22-17(26)23-18)13-6-8-24(9-7-13)16(19-2)21-11-12-4-5-14(27-3)20-10-12/h4-5,10,13H,6-9,11H2,1-3H3,(H,19,21)(H2,22,23,25,26). The smallest absolute Gasteiger partial charge is 0.322 e. The number of piperidine rings is 1. The molecular formula is C18H26N6O3. The van der Waals surface area contributed by atoms with Crippen LogP contribution in [0.5, 0.6) is 5.88 Å². The molecule has 2 fully saturated rings. The van der Waals surface area contributed by atoms with Gasteiger partial charge in [0.05, 0.1) is 7.11 Å². The van der Waals surface area contributed by atoms with Crippen LogP contribution in [0.3, 0.4) is 0 Å².